The molecule has 0 fully saturated rings. The summed E-state index contributed by atoms with van der Waals surface area (Å²) in [6.07, 6.45) is 0. The van der Waals surface area contributed by atoms with Crippen LogP contribution in [0.1, 0.15) is 20.8 Å². The number of nitrogens with one attached hydrogen (secondary N) is 1. The van der Waals surface area contributed by atoms with Crippen LogP contribution in [0.15, 0.2) is 0 Å². The molecule has 0 unspecified atom stereocenters. The maximum Gasteiger partial charge on any atom is 0.235 e. The fourth-order valence-electron chi connectivity index (χ4n) is 0.895. The molecule has 1 amide bonds. The monoisotopic (exact) mass is 236 g/mol. The second kappa shape index (κ2) is 6.07. The first-order valence-corrected chi connectivity index (χ1v) is 6.61. The number of hydrogen-bond acceptors (Lipinski definition) is 3. The third-order valence-electron chi connectivity index (χ3n) is 1.91. The van der Waals surface area contributed by atoms with Gasteiger partial charge in [-0.15, -0.1) is 0 Å². The summed E-state index contributed by atoms with van der Waals surface area (Å²) in [4.78, 5) is 11.3. The van der Waals surface area contributed by atoms with Crippen molar-refractivity contribution < 1.29 is 13.2 Å². The molecule has 0 saturated carbocycles. The highest BCUT2D eigenvalue weighted by Gasteiger charge is 2.17. The number of rotatable bonds is 6. The summed E-state index contributed by atoms with van der Waals surface area (Å²) >= 11 is 0. The maximum atomic E-state index is 11.3. The number of nitrogens with zero attached hydrogens (tertiary/aromatic N) is 1. The van der Waals surface area contributed by atoms with E-state index in [1.165, 1.54) is 7.05 Å². The van der Waals surface area contributed by atoms with E-state index in [2.05, 4.69) is 5.32 Å². The zero-order chi connectivity index (χ0) is 12.1. The Morgan fingerprint density at radius 1 is 1.40 bits per heavy atom. The van der Waals surface area contributed by atoms with Crippen LogP contribution in [-0.2, 0) is 14.8 Å². The van der Waals surface area contributed by atoms with Crippen LogP contribution in [0.3, 0.4) is 0 Å². The lowest BCUT2D eigenvalue weighted by Gasteiger charge is -2.16. The lowest BCUT2D eigenvalue weighted by Crippen LogP contribution is -2.40. The second-order valence-corrected chi connectivity index (χ2v) is 6.22. The molecule has 1 N–H and O–H groups in total. The van der Waals surface area contributed by atoms with Crippen LogP contribution in [0.25, 0.3) is 0 Å². The predicted octanol–water partition coefficient (Wildman–Crippen LogP) is 0.0401. The van der Waals surface area contributed by atoms with Crippen molar-refractivity contribution in [2.75, 3.05) is 25.9 Å². The highest BCUT2D eigenvalue weighted by molar-refractivity contribution is 7.89. The van der Waals surface area contributed by atoms with Gasteiger partial charge >= 0.3 is 0 Å². The fourth-order valence-corrected chi connectivity index (χ4v) is 1.65. The first kappa shape index (κ1) is 14.4. The van der Waals surface area contributed by atoms with Crippen molar-refractivity contribution in [3.05, 3.63) is 0 Å². The normalized spacial score (nSPS) is 12.1. The van der Waals surface area contributed by atoms with Gasteiger partial charge in [0.1, 0.15) is 0 Å². The lowest BCUT2D eigenvalue weighted by molar-refractivity contribution is -0.121. The van der Waals surface area contributed by atoms with Gasteiger partial charge in [0.2, 0.25) is 15.9 Å². The Balaban J connectivity index is 4.08. The largest absolute Gasteiger partial charge is 0.355 e. The van der Waals surface area contributed by atoms with Gasteiger partial charge in [0, 0.05) is 13.6 Å². The van der Waals surface area contributed by atoms with Gasteiger partial charge in [-0.25, -0.2) is 8.42 Å². The Kier molecular flexibility index (Phi) is 5.82. The average molecular weight is 236 g/mol. The van der Waals surface area contributed by atoms with Crippen molar-refractivity contribution in [3.8, 4) is 0 Å². The topological polar surface area (TPSA) is 66.5 Å². The van der Waals surface area contributed by atoms with Crippen molar-refractivity contribution in [2.45, 2.75) is 20.8 Å². The highest BCUT2D eigenvalue weighted by atomic mass is 32.2. The minimum absolute atomic E-state index is 0.0148. The molecule has 0 aliphatic heterocycles. The summed E-state index contributed by atoms with van der Waals surface area (Å²) in [6.45, 7) is 5.97. The Morgan fingerprint density at radius 3 is 2.33 bits per heavy atom. The molecule has 0 aliphatic rings. The molecular formula is C9H20N2O3S. The van der Waals surface area contributed by atoms with Gasteiger partial charge < -0.3 is 5.32 Å². The van der Waals surface area contributed by atoms with Gasteiger partial charge in [-0.3, -0.25) is 4.79 Å². The first-order valence-electron chi connectivity index (χ1n) is 5.00. The van der Waals surface area contributed by atoms with Crippen LogP contribution >= 0.6 is 0 Å². The van der Waals surface area contributed by atoms with Crippen molar-refractivity contribution in [2.24, 2.45) is 5.92 Å². The predicted molar refractivity (Wildman–Crippen MR) is 59.9 cm³/mol. The molecule has 0 heterocycles. The molecule has 0 rings (SSSR count). The quantitative estimate of drug-likeness (QED) is 0.708. The molecule has 6 heteroatoms. The van der Waals surface area contributed by atoms with Crippen LogP contribution in [0, 0.1) is 5.92 Å². The zero-order valence-corrected chi connectivity index (χ0v) is 10.6. The third kappa shape index (κ3) is 5.74. The third-order valence-corrected chi connectivity index (χ3v) is 3.72. The Morgan fingerprint density at radius 2 is 1.93 bits per heavy atom. The maximum absolute atomic E-state index is 11.3. The molecule has 0 aromatic rings. The fraction of sp³-hybridized carbons (Fsp3) is 0.889. The van der Waals surface area contributed by atoms with Gasteiger partial charge in [-0.2, -0.15) is 4.31 Å². The SMILES string of the molecule is CCS(=O)(=O)N(C)CC(=O)NCC(C)C. The first-order chi connectivity index (χ1) is 6.79. The summed E-state index contributed by atoms with van der Waals surface area (Å²) in [5.41, 5.74) is 0. The zero-order valence-electron chi connectivity index (χ0n) is 9.78. The van der Waals surface area contributed by atoms with Gasteiger partial charge in [-0.05, 0) is 12.8 Å². The molecule has 0 bridgehead atoms. The molecule has 90 valence electrons. The summed E-state index contributed by atoms with van der Waals surface area (Å²) in [5.74, 6) is 0.117. The van der Waals surface area contributed by atoms with E-state index in [9.17, 15) is 13.2 Å². The van der Waals surface area contributed by atoms with E-state index in [0.29, 0.717) is 12.5 Å². The summed E-state index contributed by atoms with van der Waals surface area (Å²) < 4.78 is 23.7. The molecule has 0 saturated heterocycles. The van der Waals surface area contributed by atoms with Gasteiger partial charge in [0.05, 0.1) is 12.3 Å². The molecule has 5 nitrogen and oxygen atoms in total. The number of carbonyl (C=O) groups is 1. The van der Waals surface area contributed by atoms with E-state index < -0.39 is 10.0 Å². The average Bonchev–Trinajstić information content (AvgIpc) is 2.14. The van der Waals surface area contributed by atoms with E-state index in [1.54, 1.807) is 6.92 Å². The number of amides is 1. The van der Waals surface area contributed by atoms with Gasteiger partial charge in [0.25, 0.3) is 0 Å². The van der Waals surface area contributed by atoms with Gasteiger partial charge in [0.15, 0.2) is 0 Å². The van der Waals surface area contributed by atoms with E-state index in [0.717, 1.165) is 4.31 Å². The molecule has 0 atom stereocenters. The Hall–Kier alpha value is -0.620. The molecule has 0 aromatic heterocycles. The van der Waals surface area contributed by atoms with Crippen molar-refractivity contribution >= 4 is 15.9 Å². The van der Waals surface area contributed by atoms with Crippen molar-refractivity contribution in [3.63, 3.8) is 0 Å². The number of sulfonamides is 1. The van der Waals surface area contributed by atoms with Crippen LogP contribution in [0.2, 0.25) is 0 Å². The minimum atomic E-state index is -3.26. The minimum Gasteiger partial charge on any atom is -0.355 e. The van der Waals surface area contributed by atoms with E-state index in [-0.39, 0.29) is 18.2 Å². The van der Waals surface area contributed by atoms with Crippen LogP contribution in [-0.4, -0.2) is 44.5 Å². The van der Waals surface area contributed by atoms with Crippen molar-refractivity contribution in [1.82, 2.24) is 9.62 Å². The Bertz CT molecular complexity index is 298. The molecule has 0 radical (unpaired) electrons. The highest BCUT2D eigenvalue weighted by Crippen LogP contribution is 1.96. The molecule has 0 aromatic carbocycles. The lowest BCUT2D eigenvalue weighted by atomic mass is 10.2. The molecule has 15 heavy (non-hydrogen) atoms. The standard InChI is InChI=1S/C9H20N2O3S/c1-5-15(13,14)11(4)7-9(12)10-6-8(2)3/h8H,5-7H2,1-4H3,(H,10,12). The molecule has 0 aliphatic carbocycles. The van der Waals surface area contributed by atoms with Crippen LogP contribution in [0.5, 0.6) is 0 Å². The van der Waals surface area contributed by atoms with Crippen LogP contribution in [0.4, 0.5) is 0 Å². The second-order valence-electron chi connectivity index (χ2n) is 3.85. The molecule has 0 spiro atoms. The summed E-state index contributed by atoms with van der Waals surface area (Å²) in [6, 6.07) is 0. The summed E-state index contributed by atoms with van der Waals surface area (Å²) in [7, 11) is -1.85. The van der Waals surface area contributed by atoms with Crippen molar-refractivity contribution in [1.29, 1.82) is 0 Å². The van der Waals surface area contributed by atoms with E-state index >= 15 is 0 Å². The summed E-state index contributed by atoms with van der Waals surface area (Å²) in [5, 5.41) is 2.66. The molecular weight excluding hydrogens is 216 g/mol. The van der Waals surface area contributed by atoms with Gasteiger partial charge in [-0.1, -0.05) is 13.8 Å². The Labute approximate surface area is 91.9 Å². The number of hydrogen-bond donors (Lipinski definition) is 1. The van der Waals surface area contributed by atoms with E-state index in [4.69, 9.17) is 0 Å². The van der Waals surface area contributed by atoms with E-state index in [1.807, 2.05) is 13.8 Å². The van der Waals surface area contributed by atoms with Crippen LogP contribution < -0.4 is 5.32 Å². The number of likely N-dealkylation sites (N-methyl/N-ethyl adjacent to an activating group) is 1. The smallest absolute Gasteiger partial charge is 0.235 e. The number of carbonyl (C=O) groups excluding carboxylic acids is 1.